The zero-order chi connectivity index (χ0) is 18.4. The number of hydrogen-bond acceptors (Lipinski definition) is 3. The minimum atomic E-state index is -1.32. The third-order valence-electron chi connectivity index (χ3n) is 3.34. The average Bonchev–Trinajstić information content (AvgIpc) is 2.58. The Balaban J connectivity index is 1.82. The predicted molar refractivity (Wildman–Crippen MR) is 95.8 cm³/mol. The molecule has 0 radical (unpaired) electrons. The molecule has 2 aromatic rings. The summed E-state index contributed by atoms with van der Waals surface area (Å²) in [4.78, 5) is 23.7. The van der Waals surface area contributed by atoms with Crippen LogP contribution in [0.2, 0.25) is 0 Å². The molecule has 2 rings (SSSR count). The van der Waals surface area contributed by atoms with E-state index in [9.17, 15) is 23.5 Å². The van der Waals surface area contributed by atoms with Gasteiger partial charge in [0.05, 0.1) is 18.2 Å². The average molecular weight is 460 g/mol. The number of rotatable bonds is 6. The monoisotopic (exact) mass is 460 g/mol. The second-order valence-corrected chi connectivity index (χ2v) is 6.31. The van der Waals surface area contributed by atoms with Gasteiger partial charge in [0.25, 0.3) is 5.91 Å². The lowest BCUT2D eigenvalue weighted by Gasteiger charge is -2.13. The quantitative estimate of drug-likeness (QED) is 0.579. The van der Waals surface area contributed by atoms with E-state index in [0.717, 1.165) is 15.7 Å². The van der Waals surface area contributed by atoms with E-state index in [0.29, 0.717) is 11.6 Å². The predicted octanol–water partition coefficient (Wildman–Crippen LogP) is 2.15. The van der Waals surface area contributed by atoms with E-state index in [1.54, 1.807) is 24.3 Å². The lowest BCUT2D eigenvalue weighted by molar-refractivity contribution is -0.120. The van der Waals surface area contributed by atoms with Crippen LogP contribution in [-0.2, 0) is 4.79 Å². The molecule has 0 fully saturated rings. The van der Waals surface area contributed by atoms with Crippen LogP contribution in [0.15, 0.2) is 42.5 Å². The maximum absolute atomic E-state index is 13.5. The summed E-state index contributed by atoms with van der Waals surface area (Å²) in [7, 11) is 0. The number of carbonyl (C=O) groups is 2. The van der Waals surface area contributed by atoms with E-state index < -0.39 is 29.6 Å². The topological polar surface area (TPSA) is 78.4 Å². The summed E-state index contributed by atoms with van der Waals surface area (Å²) >= 11 is 2.01. The van der Waals surface area contributed by atoms with Crippen LogP contribution in [0.5, 0.6) is 0 Å². The van der Waals surface area contributed by atoms with Gasteiger partial charge in [-0.15, -0.1) is 0 Å². The molecule has 0 aliphatic rings. The summed E-state index contributed by atoms with van der Waals surface area (Å²) < 4.78 is 27.1. The van der Waals surface area contributed by atoms with Crippen LogP contribution in [0.25, 0.3) is 0 Å². The molecule has 0 bridgehead atoms. The van der Waals surface area contributed by atoms with E-state index in [1.165, 1.54) is 0 Å². The summed E-state index contributed by atoms with van der Waals surface area (Å²) in [6, 6.07) is 9.69. The molecule has 8 heteroatoms. The first-order valence-electron chi connectivity index (χ1n) is 7.31. The molecule has 2 aromatic carbocycles. The molecule has 5 nitrogen and oxygen atoms in total. The number of carbonyl (C=O) groups excluding carboxylic acids is 2. The third kappa shape index (κ3) is 5.46. The SMILES string of the molecule is O=C(CNC(=O)c1ccccc1I)NCC(O)c1ccc(F)cc1F. The summed E-state index contributed by atoms with van der Waals surface area (Å²) in [6.07, 6.45) is -1.32. The van der Waals surface area contributed by atoms with E-state index in [2.05, 4.69) is 10.6 Å². The number of nitrogens with one attached hydrogen (secondary N) is 2. The molecule has 25 heavy (non-hydrogen) atoms. The minimum absolute atomic E-state index is 0.121. The van der Waals surface area contributed by atoms with Gasteiger partial charge in [0.2, 0.25) is 5.91 Å². The first kappa shape index (κ1) is 19.3. The van der Waals surface area contributed by atoms with Crippen molar-refractivity contribution in [2.75, 3.05) is 13.1 Å². The van der Waals surface area contributed by atoms with Crippen molar-refractivity contribution in [3.8, 4) is 0 Å². The molecular weight excluding hydrogens is 445 g/mol. The molecule has 0 aliphatic carbocycles. The van der Waals surface area contributed by atoms with Gasteiger partial charge >= 0.3 is 0 Å². The fraction of sp³-hybridized carbons (Fsp3) is 0.176. The molecule has 0 saturated heterocycles. The highest BCUT2D eigenvalue weighted by molar-refractivity contribution is 14.1. The Morgan fingerprint density at radius 1 is 1.12 bits per heavy atom. The smallest absolute Gasteiger partial charge is 0.252 e. The second-order valence-electron chi connectivity index (χ2n) is 5.15. The minimum Gasteiger partial charge on any atom is -0.386 e. The van der Waals surface area contributed by atoms with Gasteiger partial charge in [-0.05, 0) is 40.8 Å². The lowest BCUT2D eigenvalue weighted by atomic mass is 10.1. The summed E-state index contributed by atoms with van der Waals surface area (Å²) in [6.45, 7) is -0.553. The number of benzene rings is 2. The van der Waals surface area contributed by atoms with Crippen molar-refractivity contribution in [3.05, 3.63) is 68.8 Å². The van der Waals surface area contributed by atoms with E-state index >= 15 is 0 Å². The first-order valence-corrected chi connectivity index (χ1v) is 8.39. The van der Waals surface area contributed by atoms with Gasteiger partial charge in [0.15, 0.2) is 0 Å². The molecule has 0 aromatic heterocycles. The largest absolute Gasteiger partial charge is 0.386 e. The van der Waals surface area contributed by atoms with Gasteiger partial charge in [-0.2, -0.15) is 0 Å². The molecule has 132 valence electrons. The molecule has 1 unspecified atom stereocenters. The maximum atomic E-state index is 13.5. The van der Waals surface area contributed by atoms with Crippen LogP contribution in [0.3, 0.4) is 0 Å². The highest BCUT2D eigenvalue weighted by Crippen LogP contribution is 2.17. The second kappa shape index (κ2) is 8.86. The van der Waals surface area contributed by atoms with Crippen molar-refractivity contribution in [2.24, 2.45) is 0 Å². The number of aliphatic hydroxyl groups excluding tert-OH is 1. The van der Waals surface area contributed by atoms with Gasteiger partial charge < -0.3 is 15.7 Å². The molecule has 0 spiro atoms. The van der Waals surface area contributed by atoms with Gasteiger partial charge in [-0.25, -0.2) is 8.78 Å². The van der Waals surface area contributed by atoms with E-state index in [-0.39, 0.29) is 18.7 Å². The maximum Gasteiger partial charge on any atom is 0.252 e. The normalized spacial score (nSPS) is 11.7. The number of halogens is 3. The van der Waals surface area contributed by atoms with Gasteiger partial charge in [-0.3, -0.25) is 9.59 Å². The van der Waals surface area contributed by atoms with E-state index in [4.69, 9.17) is 0 Å². The summed E-state index contributed by atoms with van der Waals surface area (Å²) in [5, 5.41) is 14.7. The standard InChI is InChI=1S/C17H15F2IN2O3/c18-10-5-6-11(13(19)7-10)15(23)8-21-16(24)9-22-17(25)12-3-1-2-4-14(12)20/h1-7,15,23H,8-9H2,(H,21,24)(H,22,25). The van der Waals surface area contributed by atoms with Crippen molar-refractivity contribution in [2.45, 2.75) is 6.10 Å². The van der Waals surface area contributed by atoms with Crippen molar-refractivity contribution in [1.29, 1.82) is 0 Å². The van der Waals surface area contributed by atoms with Crippen LogP contribution < -0.4 is 10.6 Å². The van der Waals surface area contributed by atoms with Crippen molar-refractivity contribution < 1.29 is 23.5 Å². The Hall–Kier alpha value is -2.07. The Labute approximate surface area is 156 Å². The fourth-order valence-electron chi connectivity index (χ4n) is 2.06. The Morgan fingerprint density at radius 2 is 1.84 bits per heavy atom. The van der Waals surface area contributed by atoms with Gasteiger partial charge in [0.1, 0.15) is 11.6 Å². The highest BCUT2D eigenvalue weighted by atomic mass is 127. The molecule has 0 heterocycles. The number of hydrogen-bond donors (Lipinski definition) is 3. The molecule has 1 atom stereocenters. The van der Waals surface area contributed by atoms with Gasteiger partial charge in [0, 0.05) is 21.7 Å². The third-order valence-corrected chi connectivity index (χ3v) is 4.28. The molecular formula is C17H15F2IN2O3. The van der Waals surface area contributed by atoms with Crippen molar-refractivity contribution in [1.82, 2.24) is 10.6 Å². The first-order chi connectivity index (χ1) is 11.9. The molecule has 2 amide bonds. The van der Waals surface area contributed by atoms with E-state index in [1.807, 2.05) is 22.6 Å². The molecule has 0 saturated carbocycles. The summed E-state index contributed by atoms with van der Waals surface area (Å²) in [5.41, 5.74) is 0.328. The number of amides is 2. The van der Waals surface area contributed by atoms with Crippen LogP contribution >= 0.6 is 22.6 Å². The zero-order valence-corrected chi connectivity index (χ0v) is 15.1. The fourth-order valence-corrected chi connectivity index (χ4v) is 2.69. The summed E-state index contributed by atoms with van der Waals surface area (Å²) in [5.74, 6) is -2.59. The highest BCUT2D eigenvalue weighted by Gasteiger charge is 2.15. The van der Waals surface area contributed by atoms with Crippen LogP contribution in [0.4, 0.5) is 8.78 Å². The Morgan fingerprint density at radius 3 is 2.52 bits per heavy atom. The number of aliphatic hydroxyl groups is 1. The van der Waals surface area contributed by atoms with Crippen LogP contribution in [-0.4, -0.2) is 30.0 Å². The molecule has 3 N–H and O–H groups in total. The van der Waals surface area contributed by atoms with Crippen molar-refractivity contribution in [3.63, 3.8) is 0 Å². The van der Waals surface area contributed by atoms with Crippen molar-refractivity contribution >= 4 is 34.4 Å². The van der Waals surface area contributed by atoms with Crippen LogP contribution in [0.1, 0.15) is 22.0 Å². The Bertz CT molecular complexity index is 786. The van der Waals surface area contributed by atoms with Gasteiger partial charge in [-0.1, -0.05) is 18.2 Å². The van der Waals surface area contributed by atoms with Crippen LogP contribution in [0, 0.1) is 15.2 Å². The lowest BCUT2D eigenvalue weighted by Crippen LogP contribution is -2.38. The Kier molecular flexibility index (Phi) is 6.82. The molecule has 0 aliphatic heterocycles. The zero-order valence-electron chi connectivity index (χ0n) is 12.9.